The summed E-state index contributed by atoms with van der Waals surface area (Å²) in [4.78, 5) is 8.56. The summed E-state index contributed by atoms with van der Waals surface area (Å²) in [5, 5.41) is 3.09. The normalized spacial score (nSPS) is 10.7. The Balaban J connectivity index is 2.20. The van der Waals surface area contributed by atoms with Gasteiger partial charge in [-0.3, -0.25) is 0 Å². The molecular formula is C15H19N3. The maximum atomic E-state index is 4.28. The van der Waals surface area contributed by atoms with Gasteiger partial charge in [0.1, 0.15) is 0 Å². The Labute approximate surface area is 108 Å². The van der Waals surface area contributed by atoms with Gasteiger partial charge in [0.2, 0.25) is 5.95 Å². The highest BCUT2D eigenvalue weighted by molar-refractivity contribution is 5.62. The van der Waals surface area contributed by atoms with Crippen molar-refractivity contribution in [1.82, 2.24) is 9.97 Å². The van der Waals surface area contributed by atoms with Crippen LogP contribution in [0.4, 0.5) is 5.95 Å². The molecule has 3 heteroatoms. The quantitative estimate of drug-likeness (QED) is 0.887. The van der Waals surface area contributed by atoms with E-state index in [-0.39, 0.29) is 0 Å². The summed E-state index contributed by atoms with van der Waals surface area (Å²) in [5.41, 5.74) is 3.55. The molecule has 0 saturated heterocycles. The van der Waals surface area contributed by atoms with Crippen LogP contribution in [0.1, 0.15) is 32.3 Å². The molecule has 2 rings (SSSR count). The Kier molecular flexibility index (Phi) is 3.92. The zero-order valence-electron chi connectivity index (χ0n) is 11.1. The van der Waals surface area contributed by atoms with Crippen LogP contribution in [-0.4, -0.2) is 16.5 Å². The van der Waals surface area contributed by atoms with E-state index in [1.54, 1.807) is 0 Å². The lowest BCUT2D eigenvalue weighted by Gasteiger charge is -2.07. The van der Waals surface area contributed by atoms with E-state index < -0.39 is 0 Å². The highest BCUT2D eigenvalue weighted by atomic mass is 15.1. The Morgan fingerprint density at radius 3 is 2.11 bits per heavy atom. The van der Waals surface area contributed by atoms with Crippen molar-refractivity contribution in [1.29, 1.82) is 0 Å². The van der Waals surface area contributed by atoms with E-state index in [1.165, 1.54) is 5.56 Å². The summed E-state index contributed by atoms with van der Waals surface area (Å²) in [6.07, 6.45) is 3.71. The second-order valence-corrected chi connectivity index (χ2v) is 4.60. The van der Waals surface area contributed by atoms with Gasteiger partial charge < -0.3 is 5.32 Å². The topological polar surface area (TPSA) is 37.8 Å². The summed E-state index contributed by atoms with van der Waals surface area (Å²) in [6, 6.07) is 8.58. The van der Waals surface area contributed by atoms with Crippen molar-refractivity contribution in [3.8, 4) is 11.1 Å². The first-order valence-corrected chi connectivity index (χ1v) is 6.37. The standard InChI is InChI=1S/C15H19N3/c1-4-16-15-17-9-14(10-18-15)13-7-5-12(6-8-13)11(2)3/h5-11H,4H2,1-3H3,(H,16,17,18). The third-order valence-electron chi connectivity index (χ3n) is 2.90. The molecule has 0 spiro atoms. The smallest absolute Gasteiger partial charge is 0.222 e. The van der Waals surface area contributed by atoms with Gasteiger partial charge in [0.25, 0.3) is 0 Å². The van der Waals surface area contributed by atoms with Gasteiger partial charge in [-0.2, -0.15) is 0 Å². The molecule has 0 aliphatic carbocycles. The first-order chi connectivity index (χ1) is 8.70. The number of benzene rings is 1. The van der Waals surface area contributed by atoms with Crippen molar-refractivity contribution < 1.29 is 0 Å². The predicted molar refractivity (Wildman–Crippen MR) is 75.7 cm³/mol. The van der Waals surface area contributed by atoms with E-state index in [0.717, 1.165) is 17.7 Å². The Bertz CT molecular complexity index is 486. The fourth-order valence-corrected chi connectivity index (χ4v) is 1.79. The van der Waals surface area contributed by atoms with Crippen LogP contribution in [0.15, 0.2) is 36.7 Å². The average molecular weight is 241 g/mol. The minimum Gasteiger partial charge on any atom is -0.355 e. The molecule has 1 aromatic carbocycles. The van der Waals surface area contributed by atoms with E-state index in [9.17, 15) is 0 Å². The van der Waals surface area contributed by atoms with Gasteiger partial charge in [-0.1, -0.05) is 38.1 Å². The van der Waals surface area contributed by atoms with Crippen LogP contribution in [0.25, 0.3) is 11.1 Å². The molecule has 1 aromatic heterocycles. The van der Waals surface area contributed by atoms with E-state index in [1.807, 2.05) is 19.3 Å². The molecule has 0 unspecified atom stereocenters. The second kappa shape index (κ2) is 5.63. The third-order valence-corrected chi connectivity index (χ3v) is 2.90. The Hall–Kier alpha value is -1.90. The maximum Gasteiger partial charge on any atom is 0.222 e. The summed E-state index contributed by atoms with van der Waals surface area (Å²) in [7, 11) is 0. The Morgan fingerprint density at radius 1 is 1.00 bits per heavy atom. The largest absolute Gasteiger partial charge is 0.355 e. The second-order valence-electron chi connectivity index (χ2n) is 4.60. The minimum absolute atomic E-state index is 0.562. The van der Waals surface area contributed by atoms with E-state index >= 15 is 0 Å². The van der Waals surface area contributed by atoms with Crippen LogP contribution < -0.4 is 5.32 Å². The van der Waals surface area contributed by atoms with Gasteiger partial charge in [-0.15, -0.1) is 0 Å². The SMILES string of the molecule is CCNc1ncc(-c2ccc(C(C)C)cc2)cn1. The van der Waals surface area contributed by atoms with Crippen LogP contribution in [0, 0.1) is 0 Å². The number of nitrogens with one attached hydrogen (secondary N) is 1. The van der Waals surface area contributed by atoms with Crippen molar-refractivity contribution in [3.63, 3.8) is 0 Å². The number of hydrogen-bond acceptors (Lipinski definition) is 3. The molecule has 0 aliphatic rings. The molecule has 18 heavy (non-hydrogen) atoms. The van der Waals surface area contributed by atoms with Crippen LogP contribution in [0.2, 0.25) is 0 Å². The van der Waals surface area contributed by atoms with Crippen LogP contribution in [-0.2, 0) is 0 Å². The molecule has 0 amide bonds. The number of hydrogen-bond donors (Lipinski definition) is 1. The number of anilines is 1. The maximum absolute atomic E-state index is 4.28. The summed E-state index contributed by atoms with van der Waals surface area (Å²) < 4.78 is 0. The van der Waals surface area contributed by atoms with Gasteiger partial charge >= 0.3 is 0 Å². The molecule has 0 aliphatic heterocycles. The summed E-state index contributed by atoms with van der Waals surface area (Å²) in [6.45, 7) is 7.26. The zero-order chi connectivity index (χ0) is 13.0. The first-order valence-electron chi connectivity index (χ1n) is 6.37. The van der Waals surface area contributed by atoms with Crippen molar-refractivity contribution in [2.45, 2.75) is 26.7 Å². The fraction of sp³-hybridized carbons (Fsp3) is 0.333. The Morgan fingerprint density at radius 2 is 1.61 bits per heavy atom. The third kappa shape index (κ3) is 2.86. The van der Waals surface area contributed by atoms with Crippen LogP contribution in [0.3, 0.4) is 0 Å². The highest BCUT2D eigenvalue weighted by Crippen LogP contribution is 2.21. The van der Waals surface area contributed by atoms with Crippen molar-refractivity contribution in [2.24, 2.45) is 0 Å². The van der Waals surface area contributed by atoms with E-state index in [2.05, 4.69) is 53.4 Å². The monoisotopic (exact) mass is 241 g/mol. The van der Waals surface area contributed by atoms with Crippen molar-refractivity contribution >= 4 is 5.95 Å². The number of aromatic nitrogens is 2. The molecule has 3 nitrogen and oxygen atoms in total. The van der Waals surface area contributed by atoms with E-state index in [0.29, 0.717) is 11.9 Å². The summed E-state index contributed by atoms with van der Waals surface area (Å²) in [5.74, 6) is 1.24. The molecular weight excluding hydrogens is 222 g/mol. The molecule has 1 N–H and O–H groups in total. The zero-order valence-corrected chi connectivity index (χ0v) is 11.1. The molecule has 0 radical (unpaired) electrons. The molecule has 0 bridgehead atoms. The minimum atomic E-state index is 0.562. The van der Waals surface area contributed by atoms with Crippen molar-refractivity contribution in [2.75, 3.05) is 11.9 Å². The average Bonchev–Trinajstić information content (AvgIpc) is 2.40. The van der Waals surface area contributed by atoms with Gasteiger partial charge in [0.05, 0.1) is 0 Å². The van der Waals surface area contributed by atoms with Gasteiger partial charge in [-0.05, 0) is 24.0 Å². The summed E-state index contributed by atoms with van der Waals surface area (Å²) >= 11 is 0. The van der Waals surface area contributed by atoms with Crippen molar-refractivity contribution in [3.05, 3.63) is 42.2 Å². The molecule has 0 fully saturated rings. The van der Waals surface area contributed by atoms with Crippen LogP contribution in [0.5, 0.6) is 0 Å². The number of rotatable bonds is 4. The van der Waals surface area contributed by atoms with E-state index in [4.69, 9.17) is 0 Å². The lowest BCUT2D eigenvalue weighted by Crippen LogP contribution is -2.01. The lowest BCUT2D eigenvalue weighted by molar-refractivity contribution is 0.867. The van der Waals surface area contributed by atoms with Gasteiger partial charge in [0, 0.05) is 24.5 Å². The molecule has 1 heterocycles. The molecule has 0 saturated carbocycles. The van der Waals surface area contributed by atoms with Gasteiger partial charge in [0.15, 0.2) is 0 Å². The fourth-order valence-electron chi connectivity index (χ4n) is 1.79. The number of nitrogens with zero attached hydrogens (tertiary/aromatic N) is 2. The first kappa shape index (κ1) is 12.6. The van der Waals surface area contributed by atoms with Gasteiger partial charge in [-0.25, -0.2) is 9.97 Å². The lowest BCUT2D eigenvalue weighted by atomic mass is 10.00. The molecule has 2 aromatic rings. The highest BCUT2D eigenvalue weighted by Gasteiger charge is 2.02. The molecule has 0 atom stereocenters. The predicted octanol–water partition coefficient (Wildman–Crippen LogP) is 3.70. The molecule has 94 valence electrons. The van der Waals surface area contributed by atoms with Crippen LogP contribution >= 0.6 is 0 Å².